The lowest BCUT2D eigenvalue weighted by Gasteiger charge is -2.09. The molecule has 0 radical (unpaired) electrons. The van der Waals surface area contributed by atoms with Gasteiger partial charge in [-0.2, -0.15) is 0 Å². The molecule has 1 aromatic rings. The maximum absolute atomic E-state index is 11.8. The second-order valence-electron chi connectivity index (χ2n) is 2.76. The molecule has 0 bridgehead atoms. The molecule has 0 aliphatic carbocycles. The molecule has 0 N–H and O–H groups in total. The number of rotatable bonds is 3. The normalized spacial score (nSPS) is 11.2. The smallest absolute Gasteiger partial charge is 0.380 e. The van der Waals surface area contributed by atoms with Gasteiger partial charge in [0, 0.05) is 0 Å². The summed E-state index contributed by atoms with van der Waals surface area (Å²) in [5, 5.41) is 0. The van der Waals surface area contributed by atoms with E-state index < -0.39 is 18.9 Å². The summed E-state index contributed by atoms with van der Waals surface area (Å²) >= 11 is 2.46. The van der Waals surface area contributed by atoms with Crippen molar-refractivity contribution < 1.29 is 26.5 Å². The van der Waals surface area contributed by atoms with Gasteiger partial charge in [-0.15, -0.1) is 13.2 Å². The zero-order chi connectivity index (χ0) is 12.2. The molecule has 1 aromatic carbocycles. The molecule has 7 heteroatoms. The Kier molecular flexibility index (Phi) is 4.31. The monoisotopic (exact) mass is 298 g/mol. The highest BCUT2D eigenvalue weighted by molar-refractivity contribution is 9.06. The predicted octanol–water partition coefficient (Wildman–Crippen LogP) is 3.19. The maximum Gasteiger partial charge on any atom is 0.522 e. The summed E-state index contributed by atoms with van der Waals surface area (Å²) in [6.45, 7) is -0.734. The number of halogens is 4. The maximum atomic E-state index is 11.8. The standard InChI is InChI=1S/C9H6BrF3O3/c10-16-8(14)7-4-2-1-3-6(7)5-15-9(11,12)13/h1-4H,5H2. The van der Waals surface area contributed by atoms with E-state index in [1.807, 2.05) is 0 Å². The van der Waals surface area contributed by atoms with E-state index in [2.05, 4.69) is 24.8 Å². The van der Waals surface area contributed by atoms with Crippen LogP contribution in [0.4, 0.5) is 13.2 Å². The molecule has 0 atom stereocenters. The van der Waals surface area contributed by atoms with Gasteiger partial charge in [-0.25, -0.2) is 4.79 Å². The van der Waals surface area contributed by atoms with Gasteiger partial charge in [0.25, 0.3) is 0 Å². The molecule has 0 unspecified atom stereocenters. The minimum atomic E-state index is -4.73. The van der Waals surface area contributed by atoms with Crippen molar-refractivity contribution in [1.82, 2.24) is 0 Å². The quantitative estimate of drug-likeness (QED) is 0.860. The zero-order valence-electron chi connectivity index (χ0n) is 7.75. The predicted molar refractivity (Wildman–Crippen MR) is 51.6 cm³/mol. The molecule has 1 rings (SSSR count). The van der Waals surface area contributed by atoms with Crippen molar-refractivity contribution >= 4 is 22.2 Å². The first-order valence-electron chi connectivity index (χ1n) is 4.05. The molecule has 0 fully saturated rings. The highest BCUT2D eigenvalue weighted by Gasteiger charge is 2.29. The van der Waals surface area contributed by atoms with Crippen LogP contribution in [0.1, 0.15) is 15.9 Å². The number of carbonyl (C=O) groups excluding carboxylic acids is 1. The first kappa shape index (κ1) is 13.0. The Hall–Kier alpha value is -1.08. The number of carbonyl (C=O) groups is 1. The second kappa shape index (κ2) is 5.31. The lowest BCUT2D eigenvalue weighted by Crippen LogP contribution is -2.14. The van der Waals surface area contributed by atoms with Crippen molar-refractivity contribution in [2.75, 3.05) is 0 Å². The minimum Gasteiger partial charge on any atom is -0.380 e. The van der Waals surface area contributed by atoms with Crippen LogP contribution in [-0.4, -0.2) is 12.3 Å². The topological polar surface area (TPSA) is 35.5 Å². The summed E-state index contributed by atoms with van der Waals surface area (Å²) in [6.07, 6.45) is -4.73. The zero-order valence-corrected chi connectivity index (χ0v) is 9.34. The first-order chi connectivity index (χ1) is 7.44. The Balaban J connectivity index is 2.83. The number of alkyl halides is 3. The number of ether oxygens (including phenoxy) is 1. The Morgan fingerprint density at radius 3 is 2.50 bits per heavy atom. The van der Waals surface area contributed by atoms with Crippen molar-refractivity contribution in [3.8, 4) is 0 Å². The fraction of sp³-hybridized carbons (Fsp3) is 0.222. The van der Waals surface area contributed by atoms with Crippen LogP contribution in [0, 0.1) is 0 Å². The molecule has 0 aliphatic heterocycles. The van der Waals surface area contributed by atoms with Crippen LogP contribution in [-0.2, 0) is 15.2 Å². The van der Waals surface area contributed by atoms with E-state index in [1.165, 1.54) is 24.3 Å². The summed E-state index contributed by atoms with van der Waals surface area (Å²) in [4.78, 5) is 11.2. The van der Waals surface area contributed by atoms with E-state index in [9.17, 15) is 18.0 Å². The van der Waals surface area contributed by atoms with E-state index in [1.54, 1.807) is 0 Å². The van der Waals surface area contributed by atoms with Crippen molar-refractivity contribution in [1.29, 1.82) is 0 Å². The highest BCUT2D eigenvalue weighted by Crippen LogP contribution is 2.20. The van der Waals surface area contributed by atoms with Crippen LogP contribution in [0.25, 0.3) is 0 Å². The SMILES string of the molecule is O=C(OBr)c1ccccc1COC(F)(F)F. The third-order valence-electron chi connectivity index (χ3n) is 1.70. The second-order valence-corrected chi connectivity index (χ2v) is 3.08. The molecular formula is C9H6BrF3O3. The summed E-state index contributed by atoms with van der Waals surface area (Å²) < 4.78 is 43.3. The van der Waals surface area contributed by atoms with E-state index in [0.717, 1.165) is 0 Å². The Morgan fingerprint density at radius 1 is 1.31 bits per heavy atom. The average molecular weight is 299 g/mol. The molecule has 0 spiro atoms. The van der Waals surface area contributed by atoms with Crippen LogP contribution in [0.15, 0.2) is 24.3 Å². The van der Waals surface area contributed by atoms with Crippen LogP contribution in [0.3, 0.4) is 0 Å². The van der Waals surface area contributed by atoms with E-state index in [0.29, 0.717) is 0 Å². The largest absolute Gasteiger partial charge is 0.522 e. The lowest BCUT2D eigenvalue weighted by molar-refractivity contribution is -0.330. The van der Waals surface area contributed by atoms with E-state index in [-0.39, 0.29) is 11.1 Å². The Morgan fingerprint density at radius 2 is 1.94 bits per heavy atom. The van der Waals surface area contributed by atoms with Gasteiger partial charge in [0.05, 0.1) is 12.2 Å². The van der Waals surface area contributed by atoms with Crippen molar-refractivity contribution in [2.24, 2.45) is 0 Å². The van der Waals surface area contributed by atoms with E-state index >= 15 is 0 Å². The number of hydrogen-bond acceptors (Lipinski definition) is 3. The Labute approximate surface area is 97.6 Å². The van der Waals surface area contributed by atoms with Gasteiger partial charge in [-0.3, -0.25) is 4.74 Å². The van der Waals surface area contributed by atoms with Crippen LogP contribution >= 0.6 is 16.3 Å². The third-order valence-corrected chi connectivity index (χ3v) is 1.99. The van der Waals surface area contributed by atoms with Gasteiger partial charge in [0.2, 0.25) is 0 Å². The average Bonchev–Trinajstić information content (AvgIpc) is 2.25. The molecule has 0 saturated carbocycles. The third kappa shape index (κ3) is 3.82. The summed E-state index contributed by atoms with van der Waals surface area (Å²) in [6, 6.07) is 5.71. The number of hydrogen-bond donors (Lipinski definition) is 0. The lowest BCUT2D eigenvalue weighted by atomic mass is 10.1. The Bertz CT molecular complexity index is 379. The van der Waals surface area contributed by atoms with Gasteiger partial charge >= 0.3 is 12.3 Å². The van der Waals surface area contributed by atoms with Crippen molar-refractivity contribution in [3.05, 3.63) is 35.4 Å². The summed E-state index contributed by atoms with van der Waals surface area (Å²) in [7, 11) is 0. The van der Waals surface area contributed by atoms with Gasteiger partial charge < -0.3 is 3.83 Å². The van der Waals surface area contributed by atoms with Gasteiger partial charge in [-0.05, 0) is 11.6 Å². The van der Waals surface area contributed by atoms with Gasteiger partial charge in [0.1, 0.15) is 0 Å². The first-order valence-corrected chi connectivity index (χ1v) is 4.70. The molecule has 0 amide bonds. The van der Waals surface area contributed by atoms with Crippen molar-refractivity contribution in [3.63, 3.8) is 0 Å². The highest BCUT2D eigenvalue weighted by atomic mass is 79.9. The molecular weight excluding hydrogens is 293 g/mol. The van der Waals surface area contributed by atoms with E-state index in [4.69, 9.17) is 0 Å². The molecule has 3 nitrogen and oxygen atoms in total. The molecule has 88 valence electrons. The van der Waals surface area contributed by atoms with Crippen LogP contribution in [0.5, 0.6) is 0 Å². The van der Waals surface area contributed by atoms with Gasteiger partial charge in [-0.1, -0.05) is 18.2 Å². The molecule has 0 heterocycles. The van der Waals surface area contributed by atoms with Crippen LogP contribution in [0.2, 0.25) is 0 Å². The molecule has 16 heavy (non-hydrogen) atoms. The van der Waals surface area contributed by atoms with Gasteiger partial charge in [0.15, 0.2) is 16.3 Å². The fourth-order valence-electron chi connectivity index (χ4n) is 1.05. The van der Waals surface area contributed by atoms with Crippen LogP contribution < -0.4 is 0 Å². The fourth-order valence-corrected chi connectivity index (χ4v) is 1.22. The molecule has 0 aromatic heterocycles. The van der Waals surface area contributed by atoms with Crippen molar-refractivity contribution in [2.45, 2.75) is 13.0 Å². The molecule has 0 aliphatic rings. The molecule has 0 saturated heterocycles. The summed E-state index contributed by atoms with van der Waals surface area (Å²) in [5.41, 5.74) is 0.118. The minimum absolute atomic E-state index is 0.0172. The number of benzene rings is 1. The summed E-state index contributed by atoms with van der Waals surface area (Å²) in [5.74, 6) is -0.777.